The molecular weight excluding hydrogens is 283 g/mol. The van der Waals surface area contributed by atoms with Gasteiger partial charge in [-0.25, -0.2) is 4.79 Å². The first kappa shape index (κ1) is 14.2. The molecule has 2 saturated heterocycles. The van der Waals surface area contributed by atoms with E-state index in [1.165, 1.54) is 12.1 Å². The van der Waals surface area contributed by atoms with E-state index < -0.39 is 11.7 Å². The van der Waals surface area contributed by atoms with Gasteiger partial charge in [0.15, 0.2) is 0 Å². The van der Waals surface area contributed by atoms with Gasteiger partial charge in [0, 0.05) is 31.9 Å². The van der Waals surface area contributed by atoms with Crippen LogP contribution in [0.3, 0.4) is 0 Å². The number of urea groups is 1. The van der Waals surface area contributed by atoms with Gasteiger partial charge >= 0.3 is 12.2 Å². The molecule has 1 aromatic carbocycles. The molecule has 0 spiro atoms. The summed E-state index contributed by atoms with van der Waals surface area (Å²) >= 11 is 0. The number of carbonyl (C=O) groups excluding carboxylic acids is 1. The van der Waals surface area contributed by atoms with E-state index in [9.17, 15) is 18.0 Å². The molecule has 21 heavy (non-hydrogen) atoms. The van der Waals surface area contributed by atoms with Gasteiger partial charge in [-0.15, -0.1) is 0 Å². The smallest absolute Gasteiger partial charge is 0.324 e. The lowest BCUT2D eigenvalue weighted by Crippen LogP contribution is -2.35. The summed E-state index contributed by atoms with van der Waals surface area (Å²) in [5.41, 5.74) is -0.590. The SMILES string of the molecule is O=C(Nc1cccc(C(F)(F)F)c1)N1C[C@H]2CNC[C@H]2C1. The van der Waals surface area contributed by atoms with Gasteiger partial charge in [0.1, 0.15) is 0 Å². The van der Waals surface area contributed by atoms with Gasteiger partial charge in [0.2, 0.25) is 0 Å². The highest BCUT2D eigenvalue weighted by Crippen LogP contribution is 2.31. The Hall–Kier alpha value is -1.76. The predicted octanol–water partition coefficient (Wildman–Crippen LogP) is 2.39. The second-order valence-corrected chi connectivity index (χ2v) is 5.59. The number of nitrogens with zero attached hydrogens (tertiary/aromatic N) is 1. The Balaban J connectivity index is 1.65. The number of hydrogen-bond donors (Lipinski definition) is 2. The third-order valence-electron chi connectivity index (χ3n) is 4.12. The first-order chi connectivity index (χ1) is 9.93. The quantitative estimate of drug-likeness (QED) is 0.836. The predicted molar refractivity (Wildman–Crippen MR) is 71.9 cm³/mol. The van der Waals surface area contributed by atoms with Crippen molar-refractivity contribution in [1.29, 1.82) is 0 Å². The molecule has 0 saturated carbocycles. The van der Waals surface area contributed by atoms with Crippen LogP contribution in [0.15, 0.2) is 24.3 Å². The first-order valence-electron chi connectivity index (χ1n) is 6.87. The van der Waals surface area contributed by atoms with Crippen LogP contribution in [0, 0.1) is 11.8 Å². The fourth-order valence-electron chi connectivity index (χ4n) is 3.00. The maximum Gasteiger partial charge on any atom is 0.416 e. The molecular formula is C14H16F3N3O. The van der Waals surface area contributed by atoms with Gasteiger partial charge in [0.25, 0.3) is 0 Å². The molecule has 0 unspecified atom stereocenters. The topological polar surface area (TPSA) is 44.4 Å². The van der Waals surface area contributed by atoms with Crippen molar-refractivity contribution in [2.45, 2.75) is 6.18 Å². The van der Waals surface area contributed by atoms with Gasteiger partial charge in [0.05, 0.1) is 5.56 Å². The number of carbonyl (C=O) groups is 1. The van der Waals surface area contributed by atoms with Crippen LogP contribution in [0.5, 0.6) is 0 Å². The molecule has 0 aliphatic carbocycles. The Morgan fingerprint density at radius 2 is 1.90 bits per heavy atom. The summed E-state index contributed by atoms with van der Waals surface area (Å²) in [6.07, 6.45) is -4.41. The van der Waals surface area contributed by atoms with E-state index in [2.05, 4.69) is 10.6 Å². The zero-order valence-electron chi connectivity index (χ0n) is 11.3. The number of fused-ring (bicyclic) bond motifs is 1. The standard InChI is InChI=1S/C14H16F3N3O/c15-14(16,17)11-2-1-3-12(4-11)19-13(21)20-7-9-5-18-6-10(9)8-20/h1-4,9-10,18H,5-8H2,(H,19,21)/t9-,10+. The molecule has 2 amide bonds. The second kappa shape index (κ2) is 5.22. The molecule has 0 bridgehead atoms. The number of nitrogens with one attached hydrogen (secondary N) is 2. The number of alkyl halides is 3. The number of anilines is 1. The minimum Gasteiger partial charge on any atom is -0.324 e. The molecule has 0 radical (unpaired) electrons. The summed E-state index contributed by atoms with van der Waals surface area (Å²) in [5, 5.41) is 5.83. The third kappa shape index (κ3) is 2.97. The molecule has 2 N–H and O–H groups in total. The largest absolute Gasteiger partial charge is 0.416 e. The van der Waals surface area contributed by atoms with Gasteiger partial charge < -0.3 is 15.5 Å². The van der Waals surface area contributed by atoms with Crippen molar-refractivity contribution in [2.75, 3.05) is 31.5 Å². The van der Waals surface area contributed by atoms with E-state index in [0.717, 1.165) is 25.2 Å². The summed E-state index contributed by atoms with van der Waals surface area (Å²) < 4.78 is 37.9. The molecule has 2 heterocycles. The van der Waals surface area contributed by atoms with Crippen molar-refractivity contribution in [3.05, 3.63) is 29.8 Å². The van der Waals surface area contributed by atoms with Crippen molar-refractivity contribution in [2.24, 2.45) is 11.8 Å². The Bertz CT molecular complexity index is 535. The van der Waals surface area contributed by atoms with Crippen LogP contribution in [0.4, 0.5) is 23.7 Å². The second-order valence-electron chi connectivity index (χ2n) is 5.59. The summed E-state index contributed by atoms with van der Waals surface area (Å²) in [6, 6.07) is 4.37. The van der Waals surface area contributed by atoms with E-state index in [4.69, 9.17) is 0 Å². The molecule has 4 nitrogen and oxygen atoms in total. The van der Waals surface area contributed by atoms with Gasteiger partial charge in [-0.05, 0) is 30.0 Å². The van der Waals surface area contributed by atoms with Gasteiger partial charge in [-0.2, -0.15) is 13.2 Å². The molecule has 3 rings (SSSR count). The summed E-state index contributed by atoms with van der Waals surface area (Å²) in [7, 11) is 0. The maximum atomic E-state index is 12.6. The number of benzene rings is 1. The molecule has 2 aliphatic rings. The average Bonchev–Trinajstić information content (AvgIpc) is 2.98. The fourth-order valence-corrected chi connectivity index (χ4v) is 3.00. The zero-order valence-corrected chi connectivity index (χ0v) is 11.3. The van der Waals surface area contributed by atoms with E-state index in [-0.39, 0.29) is 11.7 Å². The highest BCUT2D eigenvalue weighted by Gasteiger charge is 2.38. The average molecular weight is 299 g/mol. The van der Waals surface area contributed by atoms with Crippen molar-refractivity contribution >= 4 is 11.7 Å². The maximum absolute atomic E-state index is 12.6. The van der Waals surface area contributed by atoms with E-state index in [0.29, 0.717) is 24.9 Å². The molecule has 2 fully saturated rings. The van der Waals surface area contributed by atoms with Crippen LogP contribution in [0.2, 0.25) is 0 Å². The van der Waals surface area contributed by atoms with Crippen molar-refractivity contribution in [1.82, 2.24) is 10.2 Å². The third-order valence-corrected chi connectivity index (χ3v) is 4.12. The van der Waals surface area contributed by atoms with Crippen LogP contribution in [0.25, 0.3) is 0 Å². The Kier molecular flexibility index (Phi) is 3.52. The lowest BCUT2D eigenvalue weighted by molar-refractivity contribution is -0.137. The molecule has 0 aromatic heterocycles. The minimum atomic E-state index is -4.41. The van der Waals surface area contributed by atoms with Crippen molar-refractivity contribution in [3.8, 4) is 0 Å². The minimum absolute atomic E-state index is 0.171. The molecule has 2 aliphatic heterocycles. The van der Waals surface area contributed by atoms with Crippen molar-refractivity contribution in [3.63, 3.8) is 0 Å². The molecule has 2 atom stereocenters. The highest BCUT2D eigenvalue weighted by molar-refractivity contribution is 5.89. The van der Waals surface area contributed by atoms with E-state index >= 15 is 0 Å². The lowest BCUT2D eigenvalue weighted by atomic mass is 10.0. The van der Waals surface area contributed by atoms with E-state index in [1.807, 2.05) is 0 Å². The number of rotatable bonds is 1. The van der Waals surface area contributed by atoms with Gasteiger partial charge in [-0.3, -0.25) is 0 Å². The fraction of sp³-hybridized carbons (Fsp3) is 0.500. The Morgan fingerprint density at radius 3 is 2.52 bits per heavy atom. The number of halogens is 3. The van der Waals surface area contributed by atoms with Crippen LogP contribution in [0.1, 0.15) is 5.56 Å². The normalized spacial score (nSPS) is 25.0. The first-order valence-corrected chi connectivity index (χ1v) is 6.87. The summed E-state index contributed by atoms with van der Waals surface area (Å²) in [6.45, 7) is 3.11. The number of hydrogen-bond acceptors (Lipinski definition) is 2. The number of amides is 2. The molecule has 1 aromatic rings. The van der Waals surface area contributed by atoms with E-state index in [1.54, 1.807) is 4.90 Å². The number of likely N-dealkylation sites (tertiary alicyclic amines) is 1. The van der Waals surface area contributed by atoms with Crippen molar-refractivity contribution < 1.29 is 18.0 Å². The Labute approximate surface area is 120 Å². The summed E-state index contributed by atoms with van der Waals surface area (Å²) in [4.78, 5) is 13.8. The van der Waals surface area contributed by atoms with Crippen LogP contribution in [-0.2, 0) is 6.18 Å². The van der Waals surface area contributed by atoms with Crippen LogP contribution in [-0.4, -0.2) is 37.1 Å². The molecule has 114 valence electrons. The highest BCUT2D eigenvalue weighted by atomic mass is 19.4. The van der Waals surface area contributed by atoms with Crippen LogP contribution >= 0.6 is 0 Å². The zero-order chi connectivity index (χ0) is 15.0. The molecule has 7 heteroatoms. The lowest BCUT2D eigenvalue weighted by Gasteiger charge is -2.18. The monoisotopic (exact) mass is 299 g/mol. The van der Waals surface area contributed by atoms with Gasteiger partial charge in [-0.1, -0.05) is 6.07 Å². The Morgan fingerprint density at radius 1 is 1.24 bits per heavy atom. The van der Waals surface area contributed by atoms with Crippen LogP contribution < -0.4 is 10.6 Å². The summed E-state index contributed by atoms with van der Waals surface area (Å²) in [5.74, 6) is 0.912.